The summed E-state index contributed by atoms with van der Waals surface area (Å²) in [5.41, 5.74) is 1.57. The molecule has 1 amide bonds. The second-order valence-electron chi connectivity index (χ2n) is 17.1. The lowest BCUT2D eigenvalue weighted by molar-refractivity contribution is -0.302. The van der Waals surface area contributed by atoms with Crippen molar-refractivity contribution in [3.05, 3.63) is 36.0 Å². The number of aliphatic hydroxyl groups is 2. The minimum Gasteiger partial charge on any atom is -0.456 e. The maximum absolute atomic E-state index is 14.3. The molecule has 0 aromatic carbocycles. The minimum absolute atomic E-state index is 0.00512. The van der Waals surface area contributed by atoms with Crippen molar-refractivity contribution in [3.63, 3.8) is 0 Å². The Labute approximate surface area is 338 Å². The highest BCUT2D eigenvalue weighted by Gasteiger charge is 2.56. The number of allylic oxidation sites excluding steroid dienone is 4. The zero-order valence-electron chi connectivity index (χ0n) is 35.3. The number of Topliss-reactive ketones (excluding diaryl/α,β-unsaturated/α-hetero) is 3. The first-order valence-corrected chi connectivity index (χ1v) is 20.7. The van der Waals surface area contributed by atoms with Gasteiger partial charge in [-0.1, -0.05) is 44.6 Å². The van der Waals surface area contributed by atoms with Gasteiger partial charge in [-0.05, 0) is 89.0 Å². The highest BCUT2D eigenvalue weighted by atomic mass is 16.7. The summed E-state index contributed by atoms with van der Waals surface area (Å²) in [7, 11) is 4.54. The molecule has 0 aromatic heterocycles. The van der Waals surface area contributed by atoms with E-state index >= 15 is 0 Å². The highest BCUT2D eigenvalue weighted by molar-refractivity contribution is 6.39. The zero-order chi connectivity index (χ0) is 42.2. The van der Waals surface area contributed by atoms with Gasteiger partial charge in [0.1, 0.15) is 30.1 Å². The molecule has 1 saturated carbocycles. The summed E-state index contributed by atoms with van der Waals surface area (Å²) in [6.45, 7) is 13.1. The molecular formula is C44H67NO12. The molecule has 13 atom stereocenters. The number of amides is 1. The van der Waals surface area contributed by atoms with Crippen molar-refractivity contribution >= 4 is 29.2 Å². The molecule has 0 spiro atoms. The van der Waals surface area contributed by atoms with E-state index in [2.05, 4.69) is 6.58 Å². The van der Waals surface area contributed by atoms with Crippen LogP contribution in [-0.4, -0.2) is 121 Å². The van der Waals surface area contributed by atoms with E-state index in [1.165, 1.54) is 26.2 Å². The van der Waals surface area contributed by atoms with E-state index in [1.807, 2.05) is 26.0 Å². The van der Waals surface area contributed by atoms with E-state index in [1.54, 1.807) is 26.8 Å². The first kappa shape index (κ1) is 46.6. The van der Waals surface area contributed by atoms with Crippen LogP contribution in [0.25, 0.3) is 0 Å². The first-order chi connectivity index (χ1) is 27.0. The number of carbonyl (C=O) groups excluding carboxylic acids is 5. The summed E-state index contributed by atoms with van der Waals surface area (Å²) in [6, 6.07) is -1.15. The number of ketones is 3. The Balaban J connectivity index is 1.78. The van der Waals surface area contributed by atoms with Gasteiger partial charge in [-0.15, -0.1) is 6.58 Å². The molecule has 1 aliphatic carbocycles. The van der Waals surface area contributed by atoms with Gasteiger partial charge in [0.05, 0.1) is 18.3 Å². The lowest BCUT2D eigenvalue weighted by atomic mass is 9.82. The van der Waals surface area contributed by atoms with Crippen molar-refractivity contribution in [1.82, 2.24) is 4.90 Å². The average molecular weight is 802 g/mol. The number of cyclic esters (lactones) is 1. The fourth-order valence-electron chi connectivity index (χ4n) is 9.27. The molecule has 320 valence electrons. The van der Waals surface area contributed by atoms with Crippen LogP contribution in [-0.2, 0) is 47.7 Å². The maximum atomic E-state index is 14.3. The van der Waals surface area contributed by atoms with Gasteiger partial charge >= 0.3 is 5.97 Å². The van der Waals surface area contributed by atoms with E-state index in [9.17, 15) is 34.2 Å². The van der Waals surface area contributed by atoms with Crippen LogP contribution >= 0.6 is 0 Å². The van der Waals surface area contributed by atoms with Crippen LogP contribution in [0.4, 0.5) is 0 Å². The van der Waals surface area contributed by atoms with E-state index < -0.39 is 83.9 Å². The van der Waals surface area contributed by atoms with Crippen molar-refractivity contribution < 1.29 is 57.9 Å². The summed E-state index contributed by atoms with van der Waals surface area (Å²) < 4.78 is 29.6. The Morgan fingerprint density at radius 1 is 0.965 bits per heavy atom. The minimum atomic E-state index is -2.52. The third kappa shape index (κ3) is 11.2. The predicted octanol–water partition coefficient (Wildman–Crippen LogP) is 4.85. The molecule has 2 N–H and O–H groups in total. The molecule has 57 heavy (non-hydrogen) atoms. The van der Waals surface area contributed by atoms with E-state index in [-0.39, 0.29) is 49.2 Å². The predicted molar refractivity (Wildman–Crippen MR) is 212 cm³/mol. The molecule has 0 aromatic rings. The number of fused-ring (bicyclic) bond motifs is 3. The Kier molecular flexibility index (Phi) is 17.0. The number of ether oxygens (including phenoxy) is 5. The third-order valence-corrected chi connectivity index (χ3v) is 12.7. The van der Waals surface area contributed by atoms with Crippen LogP contribution in [0.1, 0.15) is 105 Å². The van der Waals surface area contributed by atoms with E-state index in [0.29, 0.717) is 56.9 Å². The number of rotatable bonds is 7. The molecule has 0 radical (unpaired) electrons. The zero-order valence-corrected chi connectivity index (χ0v) is 35.3. The molecule has 13 nitrogen and oxygen atoms in total. The van der Waals surface area contributed by atoms with Gasteiger partial charge < -0.3 is 38.8 Å². The summed E-state index contributed by atoms with van der Waals surface area (Å²) in [6.07, 6.45) is 4.77. The molecule has 13 heteroatoms. The van der Waals surface area contributed by atoms with Crippen LogP contribution in [0.3, 0.4) is 0 Å². The molecule has 2 bridgehead atoms. The van der Waals surface area contributed by atoms with Gasteiger partial charge in [0.15, 0.2) is 5.78 Å². The third-order valence-electron chi connectivity index (χ3n) is 12.7. The van der Waals surface area contributed by atoms with Crippen LogP contribution in [0.2, 0.25) is 0 Å². The van der Waals surface area contributed by atoms with Gasteiger partial charge in [0, 0.05) is 58.5 Å². The number of nitrogens with zero attached hydrogens (tertiary/aromatic N) is 1. The lowest BCUT2D eigenvalue weighted by Crippen LogP contribution is -2.64. The number of hydrogen-bond acceptors (Lipinski definition) is 12. The van der Waals surface area contributed by atoms with Crippen LogP contribution in [0, 0.1) is 29.6 Å². The monoisotopic (exact) mass is 801 g/mol. The molecule has 3 fully saturated rings. The van der Waals surface area contributed by atoms with E-state index in [4.69, 9.17) is 23.7 Å². The van der Waals surface area contributed by atoms with Crippen molar-refractivity contribution in [2.24, 2.45) is 29.6 Å². The van der Waals surface area contributed by atoms with Crippen molar-refractivity contribution in [2.75, 3.05) is 27.9 Å². The number of methoxy groups -OCH3 is 3. The molecule has 4 rings (SSSR count). The Bertz CT molecular complexity index is 1520. The summed E-state index contributed by atoms with van der Waals surface area (Å²) in [4.78, 5) is 70.2. The Morgan fingerprint density at radius 3 is 2.30 bits per heavy atom. The maximum Gasteiger partial charge on any atom is 0.329 e. The summed E-state index contributed by atoms with van der Waals surface area (Å²) in [5.74, 6) is -7.87. The van der Waals surface area contributed by atoms with Gasteiger partial charge in [-0.2, -0.15) is 0 Å². The normalized spacial score (nSPS) is 39.7. The fourth-order valence-corrected chi connectivity index (χ4v) is 9.27. The van der Waals surface area contributed by atoms with Gasteiger partial charge in [0.2, 0.25) is 5.79 Å². The largest absolute Gasteiger partial charge is 0.456 e. The summed E-state index contributed by atoms with van der Waals surface area (Å²) >= 11 is 0. The number of aliphatic hydroxyl groups excluding tert-OH is 1. The smallest absolute Gasteiger partial charge is 0.329 e. The van der Waals surface area contributed by atoms with Crippen LogP contribution in [0.15, 0.2) is 36.0 Å². The number of hydrogen-bond donors (Lipinski definition) is 2. The second-order valence-corrected chi connectivity index (χ2v) is 17.1. The van der Waals surface area contributed by atoms with Crippen molar-refractivity contribution in [1.29, 1.82) is 0 Å². The standard InChI is InChI=1S/C44H67NO12/c1-10-13-31-19-25(2)18-26(3)20-37(54-8)40-38(55-9)22-28(5)44(52,57-40)41(49)42(50)45-17-12-11-14-32(45)43(51)56-39(29(6)34(47)24-35(31)48)27(4)21-30-15-16-33(46)36(23-30)53-7/h10,19,21,26,28-32,34,36-40,47,52H,1,11-18,20,22-24H2,2-9H3/b25-19+,27-21+/t26-,28+,29+,30-,31+,32-,34-,36+,37-,38-,39+,40+,44+/m0/s1. The summed E-state index contributed by atoms with van der Waals surface area (Å²) in [5, 5.41) is 23.7. The number of carbonyl (C=O) groups is 5. The van der Waals surface area contributed by atoms with E-state index in [0.717, 1.165) is 5.57 Å². The quantitative estimate of drug-likeness (QED) is 0.204. The topological polar surface area (TPSA) is 175 Å². The van der Waals surface area contributed by atoms with Gasteiger partial charge in [-0.3, -0.25) is 19.2 Å². The molecular weight excluding hydrogens is 734 g/mol. The van der Waals surface area contributed by atoms with Crippen molar-refractivity contribution in [2.45, 2.75) is 154 Å². The molecule has 2 saturated heterocycles. The average Bonchev–Trinajstić information content (AvgIpc) is 3.18. The Morgan fingerprint density at radius 2 is 1.65 bits per heavy atom. The SMILES string of the molecule is C=CC[C@@H]1/C=C(\C)C[C@H](C)C[C@H](OC)[C@H]2O[C@@](O)(C(=O)C(=O)N3CCCC[C@H]3C(=O)O[C@H](/C(C)=C/[C@@H]3CCC(=O)[C@H](OC)C3)[C@H](C)[C@@H](O)CC1=O)[C@H](C)C[C@@H]2OC. The Hall–Kier alpha value is -3.07. The van der Waals surface area contributed by atoms with Crippen molar-refractivity contribution in [3.8, 4) is 0 Å². The molecule has 0 unspecified atom stereocenters. The fraction of sp³-hybridized carbons (Fsp3) is 0.750. The first-order valence-electron chi connectivity index (χ1n) is 20.7. The van der Waals surface area contributed by atoms with Crippen LogP contribution in [0.5, 0.6) is 0 Å². The molecule has 3 heterocycles. The van der Waals surface area contributed by atoms with Gasteiger partial charge in [-0.25, -0.2) is 4.79 Å². The highest BCUT2D eigenvalue weighted by Crippen LogP contribution is 2.39. The number of piperidine rings is 1. The molecule has 3 aliphatic heterocycles. The van der Waals surface area contributed by atoms with Crippen LogP contribution < -0.4 is 0 Å². The second kappa shape index (κ2) is 20.8. The van der Waals surface area contributed by atoms with Gasteiger partial charge in [0.25, 0.3) is 11.7 Å². The lowest BCUT2D eigenvalue weighted by Gasteiger charge is -2.47. The molecule has 4 aliphatic rings. The number of esters is 1.